The fourth-order valence-electron chi connectivity index (χ4n) is 2.48. The van der Waals surface area contributed by atoms with E-state index in [0.29, 0.717) is 18.3 Å². The predicted octanol–water partition coefficient (Wildman–Crippen LogP) is 2.22. The van der Waals surface area contributed by atoms with E-state index >= 15 is 0 Å². The monoisotopic (exact) mass is 319 g/mol. The number of nitrogens with zero attached hydrogens (tertiary/aromatic N) is 4. The van der Waals surface area contributed by atoms with Gasteiger partial charge in [0.1, 0.15) is 17.7 Å². The normalized spacial score (nSPS) is 16.7. The standard InChI is InChI=1S/C15H21N5O3/c1-14(2,3)22-13(21)18-15(5-4-6-15)12-17-11(23-19-12)9-20-8-7-16-10-20/h7-8,10H,4-6,9H2,1-3H3,(H,18,21). The Morgan fingerprint density at radius 2 is 2.26 bits per heavy atom. The SMILES string of the molecule is CC(C)(C)OC(=O)NC1(c2noc(Cn3ccnc3)n2)CCC1. The lowest BCUT2D eigenvalue weighted by molar-refractivity contribution is 0.0362. The summed E-state index contributed by atoms with van der Waals surface area (Å²) in [6.07, 6.45) is 7.28. The van der Waals surface area contributed by atoms with E-state index in [1.165, 1.54) is 0 Å². The molecule has 0 radical (unpaired) electrons. The van der Waals surface area contributed by atoms with Crippen LogP contribution in [0.4, 0.5) is 4.79 Å². The first-order valence-corrected chi connectivity index (χ1v) is 7.66. The van der Waals surface area contributed by atoms with Crippen molar-refractivity contribution in [3.05, 3.63) is 30.4 Å². The van der Waals surface area contributed by atoms with E-state index in [1.807, 2.05) is 31.5 Å². The molecule has 1 fully saturated rings. The highest BCUT2D eigenvalue weighted by molar-refractivity contribution is 5.69. The first-order chi connectivity index (χ1) is 10.9. The molecule has 8 heteroatoms. The molecule has 2 heterocycles. The third-order valence-corrected chi connectivity index (χ3v) is 3.72. The van der Waals surface area contributed by atoms with Crippen molar-refractivity contribution in [2.24, 2.45) is 0 Å². The zero-order valence-corrected chi connectivity index (χ0v) is 13.6. The summed E-state index contributed by atoms with van der Waals surface area (Å²) in [5.41, 5.74) is -1.13. The van der Waals surface area contributed by atoms with Crippen molar-refractivity contribution in [2.45, 2.75) is 57.7 Å². The molecule has 23 heavy (non-hydrogen) atoms. The fourth-order valence-corrected chi connectivity index (χ4v) is 2.48. The van der Waals surface area contributed by atoms with Crippen LogP contribution < -0.4 is 5.32 Å². The van der Waals surface area contributed by atoms with Crippen molar-refractivity contribution in [2.75, 3.05) is 0 Å². The van der Waals surface area contributed by atoms with Gasteiger partial charge in [-0.3, -0.25) is 0 Å². The van der Waals surface area contributed by atoms with Gasteiger partial charge in [-0.2, -0.15) is 4.98 Å². The molecule has 1 aliphatic rings. The minimum Gasteiger partial charge on any atom is -0.444 e. The van der Waals surface area contributed by atoms with Crippen LogP contribution in [0.2, 0.25) is 0 Å². The van der Waals surface area contributed by atoms with Crippen LogP contribution in [0.25, 0.3) is 0 Å². The van der Waals surface area contributed by atoms with Gasteiger partial charge in [-0.25, -0.2) is 9.78 Å². The summed E-state index contributed by atoms with van der Waals surface area (Å²) in [7, 11) is 0. The molecular weight excluding hydrogens is 298 g/mol. The maximum atomic E-state index is 12.1. The highest BCUT2D eigenvalue weighted by Gasteiger charge is 2.45. The summed E-state index contributed by atoms with van der Waals surface area (Å²) >= 11 is 0. The number of nitrogens with one attached hydrogen (secondary N) is 1. The summed E-state index contributed by atoms with van der Waals surface area (Å²) in [5.74, 6) is 0.986. The third kappa shape index (κ3) is 3.52. The molecule has 0 atom stereocenters. The molecule has 1 saturated carbocycles. The van der Waals surface area contributed by atoms with Crippen molar-refractivity contribution in [3.8, 4) is 0 Å². The lowest BCUT2D eigenvalue weighted by Crippen LogP contribution is -2.52. The van der Waals surface area contributed by atoms with Gasteiger partial charge < -0.3 is 19.1 Å². The maximum absolute atomic E-state index is 12.1. The Bertz CT molecular complexity index is 668. The minimum atomic E-state index is -0.584. The second-order valence-corrected chi connectivity index (χ2v) is 6.81. The van der Waals surface area contributed by atoms with Crippen molar-refractivity contribution < 1.29 is 14.1 Å². The van der Waals surface area contributed by atoms with Crippen molar-refractivity contribution in [1.82, 2.24) is 25.0 Å². The van der Waals surface area contributed by atoms with Gasteiger partial charge in [0.15, 0.2) is 5.82 Å². The maximum Gasteiger partial charge on any atom is 0.408 e. The number of amides is 1. The van der Waals surface area contributed by atoms with Gasteiger partial charge >= 0.3 is 6.09 Å². The molecule has 2 aromatic rings. The number of ether oxygens (including phenoxy) is 1. The summed E-state index contributed by atoms with van der Waals surface area (Å²) in [6, 6.07) is 0. The second kappa shape index (κ2) is 5.68. The highest BCUT2D eigenvalue weighted by atomic mass is 16.6. The predicted molar refractivity (Wildman–Crippen MR) is 80.5 cm³/mol. The number of hydrogen-bond acceptors (Lipinski definition) is 6. The first kappa shape index (κ1) is 15.5. The zero-order chi connectivity index (χ0) is 16.5. The first-order valence-electron chi connectivity index (χ1n) is 7.66. The van der Waals surface area contributed by atoms with Crippen LogP contribution in [0.3, 0.4) is 0 Å². The summed E-state index contributed by atoms with van der Waals surface area (Å²) < 4.78 is 12.5. The fraction of sp³-hybridized carbons (Fsp3) is 0.600. The molecule has 0 unspecified atom stereocenters. The molecule has 0 aromatic carbocycles. The number of aromatic nitrogens is 4. The Morgan fingerprint density at radius 3 is 2.83 bits per heavy atom. The number of alkyl carbamates (subject to hydrolysis) is 1. The highest BCUT2D eigenvalue weighted by Crippen LogP contribution is 2.40. The van der Waals surface area contributed by atoms with Gasteiger partial charge in [0, 0.05) is 12.4 Å². The molecule has 2 aromatic heterocycles. The van der Waals surface area contributed by atoms with Gasteiger partial charge in [-0.05, 0) is 40.0 Å². The van der Waals surface area contributed by atoms with Gasteiger partial charge in [0.05, 0.1) is 6.33 Å². The molecular formula is C15H21N5O3. The third-order valence-electron chi connectivity index (χ3n) is 3.72. The van der Waals surface area contributed by atoms with E-state index in [1.54, 1.807) is 12.5 Å². The zero-order valence-electron chi connectivity index (χ0n) is 13.6. The number of hydrogen-bond donors (Lipinski definition) is 1. The van der Waals surface area contributed by atoms with E-state index in [-0.39, 0.29) is 0 Å². The molecule has 0 spiro atoms. The second-order valence-electron chi connectivity index (χ2n) is 6.81. The Kier molecular flexibility index (Phi) is 3.83. The average Bonchev–Trinajstić information content (AvgIpc) is 3.04. The number of imidazole rings is 1. The average molecular weight is 319 g/mol. The van der Waals surface area contributed by atoms with Crippen LogP contribution in [0.15, 0.2) is 23.2 Å². The van der Waals surface area contributed by atoms with E-state index in [2.05, 4.69) is 20.4 Å². The van der Waals surface area contributed by atoms with E-state index < -0.39 is 17.2 Å². The molecule has 124 valence electrons. The summed E-state index contributed by atoms with van der Waals surface area (Å²) in [5, 5.41) is 6.96. The van der Waals surface area contributed by atoms with Gasteiger partial charge in [-0.15, -0.1) is 0 Å². The smallest absolute Gasteiger partial charge is 0.408 e. The molecule has 0 saturated heterocycles. The van der Waals surface area contributed by atoms with E-state index in [0.717, 1.165) is 19.3 Å². The Morgan fingerprint density at radius 1 is 1.48 bits per heavy atom. The summed E-state index contributed by atoms with van der Waals surface area (Å²) in [4.78, 5) is 20.5. The van der Waals surface area contributed by atoms with E-state index in [9.17, 15) is 4.79 Å². The quantitative estimate of drug-likeness (QED) is 0.928. The molecule has 3 rings (SSSR count). The lowest BCUT2D eigenvalue weighted by atomic mass is 9.76. The van der Waals surface area contributed by atoms with Crippen LogP contribution in [-0.2, 0) is 16.8 Å². The Hall–Kier alpha value is -2.38. The number of carbonyl (C=O) groups excluding carboxylic acids is 1. The summed E-state index contributed by atoms with van der Waals surface area (Å²) in [6.45, 7) is 5.95. The lowest BCUT2D eigenvalue weighted by Gasteiger charge is -2.39. The van der Waals surface area contributed by atoms with Gasteiger partial charge in [-0.1, -0.05) is 5.16 Å². The van der Waals surface area contributed by atoms with Crippen LogP contribution >= 0.6 is 0 Å². The molecule has 8 nitrogen and oxygen atoms in total. The van der Waals surface area contributed by atoms with E-state index in [4.69, 9.17) is 9.26 Å². The van der Waals surface area contributed by atoms with Crippen molar-refractivity contribution in [1.29, 1.82) is 0 Å². The topological polar surface area (TPSA) is 95.1 Å². The molecule has 1 N–H and O–H groups in total. The van der Waals surface area contributed by atoms with Crippen molar-refractivity contribution >= 4 is 6.09 Å². The Labute approximate surface area is 134 Å². The van der Waals surface area contributed by atoms with Crippen LogP contribution in [0.1, 0.15) is 51.7 Å². The van der Waals surface area contributed by atoms with Crippen LogP contribution in [0.5, 0.6) is 0 Å². The molecule has 0 bridgehead atoms. The molecule has 1 aliphatic carbocycles. The number of carbonyl (C=O) groups is 1. The van der Waals surface area contributed by atoms with Crippen LogP contribution in [0, 0.1) is 0 Å². The van der Waals surface area contributed by atoms with Crippen LogP contribution in [-0.4, -0.2) is 31.4 Å². The Balaban J connectivity index is 1.70. The van der Waals surface area contributed by atoms with Gasteiger partial charge in [0.2, 0.25) is 5.89 Å². The van der Waals surface area contributed by atoms with Crippen molar-refractivity contribution in [3.63, 3.8) is 0 Å². The minimum absolute atomic E-state index is 0.454. The molecule has 0 aliphatic heterocycles. The largest absolute Gasteiger partial charge is 0.444 e. The molecule has 1 amide bonds. The van der Waals surface area contributed by atoms with Gasteiger partial charge in [0.25, 0.3) is 0 Å². The number of rotatable bonds is 4.